The highest BCUT2D eigenvalue weighted by Crippen LogP contribution is 2.28. The van der Waals surface area contributed by atoms with Gasteiger partial charge in [-0.2, -0.15) is 0 Å². The monoisotopic (exact) mass is 337 g/mol. The van der Waals surface area contributed by atoms with Crippen molar-refractivity contribution in [2.24, 2.45) is 0 Å². The standard InChI is InChI=1S/C15H16BrNO3/c1-19-13-5-11(6-14(7-13)20-2)15(18)4-10-3-12(16)9-17-8-10/h3,5-9,15,18H,4H2,1-2H3. The number of methoxy groups -OCH3 is 2. The maximum atomic E-state index is 10.4. The number of benzene rings is 1. The highest BCUT2D eigenvalue weighted by atomic mass is 79.9. The minimum atomic E-state index is -0.643. The molecule has 4 nitrogen and oxygen atoms in total. The fraction of sp³-hybridized carbons (Fsp3) is 0.267. The predicted molar refractivity (Wildman–Crippen MR) is 80.1 cm³/mol. The van der Waals surface area contributed by atoms with Crippen LogP contribution in [0.15, 0.2) is 41.1 Å². The first-order chi connectivity index (χ1) is 9.62. The van der Waals surface area contributed by atoms with Gasteiger partial charge in [0.1, 0.15) is 11.5 Å². The third-order valence-corrected chi connectivity index (χ3v) is 3.38. The van der Waals surface area contributed by atoms with Crippen molar-refractivity contribution in [2.45, 2.75) is 12.5 Å². The first-order valence-electron chi connectivity index (χ1n) is 6.13. The molecule has 0 radical (unpaired) electrons. The summed E-state index contributed by atoms with van der Waals surface area (Å²) >= 11 is 3.37. The Morgan fingerprint density at radius 2 is 1.75 bits per heavy atom. The Morgan fingerprint density at radius 3 is 2.30 bits per heavy atom. The van der Waals surface area contributed by atoms with Crippen LogP contribution < -0.4 is 9.47 Å². The van der Waals surface area contributed by atoms with Gasteiger partial charge >= 0.3 is 0 Å². The molecular weight excluding hydrogens is 322 g/mol. The number of rotatable bonds is 5. The van der Waals surface area contributed by atoms with Gasteiger partial charge in [-0.3, -0.25) is 4.98 Å². The van der Waals surface area contributed by atoms with Gasteiger partial charge < -0.3 is 14.6 Å². The van der Waals surface area contributed by atoms with Crippen LogP contribution >= 0.6 is 15.9 Å². The largest absolute Gasteiger partial charge is 0.497 e. The van der Waals surface area contributed by atoms with Crippen molar-refractivity contribution in [3.63, 3.8) is 0 Å². The average molecular weight is 338 g/mol. The molecule has 2 rings (SSSR count). The molecule has 1 atom stereocenters. The van der Waals surface area contributed by atoms with Crippen molar-refractivity contribution in [3.8, 4) is 11.5 Å². The summed E-state index contributed by atoms with van der Waals surface area (Å²) in [5.74, 6) is 1.32. The minimum Gasteiger partial charge on any atom is -0.497 e. The molecule has 0 spiro atoms. The van der Waals surface area contributed by atoms with Gasteiger partial charge in [0.25, 0.3) is 0 Å². The van der Waals surface area contributed by atoms with Crippen LogP contribution in [0.3, 0.4) is 0 Å². The molecule has 20 heavy (non-hydrogen) atoms. The smallest absolute Gasteiger partial charge is 0.122 e. The third-order valence-electron chi connectivity index (χ3n) is 2.95. The molecule has 2 aromatic rings. The molecule has 0 saturated heterocycles. The van der Waals surface area contributed by atoms with Crippen molar-refractivity contribution >= 4 is 15.9 Å². The number of ether oxygens (including phenoxy) is 2. The van der Waals surface area contributed by atoms with Gasteiger partial charge in [-0.1, -0.05) is 0 Å². The summed E-state index contributed by atoms with van der Waals surface area (Å²) in [5, 5.41) is 10.4. The molecule has 0 aliphatic carbocycles. The van der Waals surface area contributed by atoms with Crippen molar-refractivity contribution in [1.82, 2.24) is 4.98 Å². The summed E-state index contributed by atoms with van der Waals surface area (Å²) in [6.45, 7) is 0. The topological polar surface area (TPSA) is 51.6 Å². The Labute approximate surface area is 126 Å². The van der Waals surface area contributed by atoms with E-state index >= 15 is 0 Å². The molecule has 1 aromatic heterocycles. The minimum absolute atomic E-state index is 0.475. The number of halogens is 1. The van der Waals surface area contributed by atoms with E-state index in [0.717, 1.165) is 15.6 Å². The quantitative estimate of drug-likeness (QED) is 0.910. The van der Waals surface area contributed by atoms with Gasteiger partial charge in [0.2, 0.25) is 0 Å². The summed E-state index contributed by atoms with van der Waals surface area (Å²) in [5.41, 5.74) is 1.70. The van der Waals surface area contributed by atoms with E-state index in [1.54, 1.807) is 44.8 Å². The van der Waals surface area contributed by atoms with Crippen LogP contribution in [0.2, 0.25) is 0 Å². The Morgan fingerprint density at radius 1 is 1.10 bits per heavy atom. The number of nitrogens with zero attached hydrogens (tertiary/aromatic N) is 1. The van der Waals surface area contributed by atoms with E-state index < -0.39 is 6.10 Å². The van der Waals surface area contributed by atoms with Crippen molar-refractivity contribution in [2.75, 3.05) is 14.2 Å². The van der Waals surface area contributed by atoms with Gasteiger partial charge in [0.05, 0.1) is 20.3 Å². The zero-order valence-corrected chi connectivity index (χ0v) is 12.9. The molecule has 1 N–H and O–H groups in total. The maximum absolute atomic E-state index is 10.4. The molecule has 5 heteroatoms. The molecule has 1 unspecified atom stereocenters. The summed E-state index contributed by atoms with van der Waals surface area (Å²) in [6.07, 6.45) is 3.29. The van der Waals surface area contributed by atoms with Gasteiger partial charge in [-0.05, 0) is 45.3 Å². The number of pyridine rings is 1. The van der Waals surface area contributed by atoms with Gasteiger partial charge in [0, 0.05) is 29.4 Å². The first kappa shape index (κ1) is 14.8. The number of aromatic nitrogens is 1. The molecule has 0 saturated carbocycles. The maximum Gasteiger partial charge on any atom is 0.122 e. The number of aliphatic hydroxyl groups excluding tert-OH is 1. The fourth-order valence-electron chi connectivity index (χ4n) is 1.93. The number of hydrogen-bond donors (Lipinski definition) is 1. The normalized spacial score (nSPS) is 12.0. The second-order valence-electron chi connectivity index (χ2n) is 4.38. The molecular formula is C15H16BrNO3. The van der Waals surface area contributed by atoms with Crippen LogP contribution in [0.1, 0.15) is 17.2 Å². The molecule has 0 fully saturated rings. The Kier molecular flexibility index (Phi) is 4.98. The van der Waals surface area contributed by atoms with Crippen LogP contribution in [0, 0.1) is 0 Å². The van der Waals surface area contributed by atoms with Gasteiger partial charge in [-0.15, -0.1) is 0 Å². The van der Waals surface area contributed by atoms with Crippen LogP contribution in [0.25, 0.3) is 0 Å². The Bertz CT molecular complexity index is 567. The lowest BCUT2D eigenvalue weighted by Gasteiger charge is -2.14. The summed E-state index contributed by atoms with van der Waals surface area (Å²) < 4.78 is 11.3. The molecule has 0 amide bonds. The van der Waals surface area contributed by atoms with Crippen LogP contribution in [-0.4, -0.2) is 24.3 Å². The molecule has 0 bridgehead atoms. The zero-order valence-electron chi connectivity index (χ0n) is 11.3. The second kappa shape index (κ2) is 6.72. The molecule has 1 aromatic carbocycles. The lowest BCUT2D eigenvalue weighted by atomic mass is 10.0. The van der Waals surface area contributed by atoms with Crippen LogP contribution in [-0.2, 0) is 6.42 Å². The lowest BCUT2D eigenvalue weighted by molar-refractivity contribution is 0.177. The SMILES string of the molecule is COc1cc(OC)cc(C(O)Cc2cncc(Br)c2)c1. The van der Waals surface area contributed by atoms with E-state index in [2.05, 4.69) is 20.9 Å². The van der Waals surface area contributed by atoms with Crippen LogP contribution in [0.4, 0.5) is 0 Å². The molecule has 0 aliphatic heterocycles. The lowest BCUT2D eigenvalue weighted by Crippen LogP contribution is -2.03. The third kappa shape index (κ3) is 3.71. The summed E-state index contributed by atoms with van der Waals surface area (Å²) in [4.78, 5) is 4.09. The Balaban J connectivity index is 2.22. The van der Waals surface area contributed by atoms with Crippen molar-refractivity contribution in [3.05, 3.63) is 52.3 Å². The Hall–Kier alpha value is -1.59. The van der Waals surface area contributed by atoms with E-state index in [-0.39, 0.29) is 0 Å². The highest BCUT2D eigenvalue weighted by molar-refractivity contribution is 9.10. The predicted octanol–water partition coefficient (Wildman–Crippen LogP) is 3.14. The second-order valence-corrected chi connectivity index (χ2v) is 5.29. The summed E-state index contributed by atoms with van der Waals surface area (Å²) in [7, 11) is 3.17. The van der Waals surface area contributed by atoms with Crippen LogP contribution in [0.5, 0.6) is 11.5 Å². The van der Waals surface area contributed by atoms with Gasteiger partial charge in [-0.25, -0.2) is 0 Å². The van der Waals surface area contributed by atoms with E-state index in [0.29, 0.717) is 17.9 Å². The van der Waals surface area contributed by atoms with Crippen molar-refractivity contribution < 1.29 is 14.6 Å². The van der Waals surface area contributed by atoms with E-state index in [4.69, 9.17) is 9.47 Å². The summed E-state index contributed by atoms with van der Waals surface area (Å²) in [6, 6.07) is 7.32. The fourth-order valence-corrected chi connectivity index (χ4v) is 2.34. The first-order valence-corrected chi connectivity index (χ1v) is 6.92. The molecule has 106 valence electrons. The van der Waals surface area contributed by atoms with E-state index in [1.165, 1.54) is 0 Å². The van der Waals surface area contributed by atoms with E-state index in [9.17, 15) is 5.11 Å². The van der Waals surface area contributed by atoms with Gasteiger partial charge in [0.15, 0.2) is 0 Å². The highest BCUT2D eigenvalue weighted by Gasteiger charge is 2.12. The van der Waals surface area contributed by atoms with E-state index in [1.807, 2.05) is 6.07 Å². The van der Waals surface area contributed by atoms with Crippen molar-refractivity contribution in [1.29, 1.82) is 0 Å². The average Bonchev–Trinajstić information content (AvgIpc) is 2.46. The molecule has 0 aliphatic rings. The molecule has 1 heterocycles. The number of hydrogen-bond acceptors (Lipinski definition) is 4. The zero-order chi connectivity index (χ0) is 14.5. The number of aliphatic hydroxyl groups is 1.